The summed E-state index contributed by atoms with van der Waals surface area (Å²) in [6.07, 6.45) is 0.829. The molecule has 1 aliphatic rings. The molecule has 0 saturated carbocycles. The van der Waals surface area contributed by atoms with Gasteiger partial charge in [-0.2, -0.15) is 4.98 Å². The van der Waals surface area contributed by atoms with Crippen LogP contribution in [0.4, 0.5) is 0 Å². The normalized spacial score (nSPS) is 24.6. The number of hydrogen-bond donors (Lipinski definition) is 3. The van der Waals surface area contributed by atoms with E-state index < -0.39 is 17.5 Å². The molecule has 0 bridgehead atoms. The van der Waals surface area contributed by atoms with E-state index in [1.54, 1.807) is 6.92 Å². The van der Waals surface area contributed by atoms with Gasteiger partial charge < -0.3 is 19.8 Å². The summed E-state index contributed by atoms with van der Waals surface area (Å²) in [6.45, 7) is 4.79. The Hall–Kier alpha value is -2.00. The van der Waals surface area contributed by atoms with Crippen LogP contribution in [0.5, 0.6) is 0 Å². The quantitative estimate of drug-likeness (QED) is 0.660. The van der Waals surface area contributed by atoms with Gasteiger partial charge in [0.2, 0.25) is 5.89 Å². The molecule has 1 fully saturated rings. The molecule has 2 rings (SSSR count). The van der Waals surface area contributed by atoms with Crippen LogP contribution in [0.1, 0.15) is 37.9 Å². The third-order valence-corrected chi connectivity index (χ3v) is 3.92. The Balaban J connectivity index is 0.000000816. The van der Waals surface area contributed by atoms with E-state index in [2.05, 4.69) is 10.1 Å². The van der Waals surface area contributed by atoms with Gasteiger partial charge in [0.25, 0.3) is 6.47 Å². The summed E-state index contributed by atoms with van der Waals surface area (Å²) < 4.78 is 4.92. The molecule has 0 aromatic carbocycles. The lowest BCUT2D eigenvalue weighted by Gasteiger charge is -2.43. The maximum atomic E-state index is 11.6. The van der Waals surface area contributed by atoms with Crippen molar-refractivity contribution in [3.05, 3.63) is 11.7 Å². The van der Waals surface area contributed by atoms with E-state index in [0.717, 1.165) is 6.42 Å². The summed E-state index contributed by atoms with van der Waals surface area (Å²) in [6, 6.07) is 0. The highest BCUT2D eigenvalue weighted by molar-refractivity contribution is 5.76. The van der Waals surface area contributed by atoms with Crippen LogP contribution in [0.3, 0.4) is 0 Å². The van der Waals surface area contributed by atoms with E-state index in [9.17, 15) is 15.0 Å². The van der Waals surface area contributed by atoms with Crippen LogP contribution in [-0.2, 0) is 16.1 Å². The predicted octanol–water partition coefficient (Wildman–Crippen LogP) is 0.517. The van der Waals surface area contributed by atoms with Crippen LogP contribution in [0.25, 0.3) is 0 Å². The van der Waals surface area contributed by atoms with Gasteiger partial charge in [-0.3, -0.25) is 14.5 Å². The number of likely N-dealkylation sites (tertiary alicyclic amines) is 1. The van der Waals surface area contributed by atoms with Gasteiger partial charge in [-0.05, 0) is 12.8 Å². The number of piperidine rings is 1. The predicted molar refractivity (Wildman–Crippen MR) is 78.6 cm³/mol. The summed E-state index contributed by atoms with van der Waals surface area (Å²) in [5.41, 5.74) is -1.09. The maximum absolute atomic E-state index is 11.6. The second-order valence-electron chi connectivity index (χ2n) is 5.56. The van der Waals surface area contributed by atoms with E-state index in [1.807, 2.05) is 11.8 Å². The Morgan fingerprint density at radius 1 is 1.57 bits per heavy atom. The number of rotatable bonds is 5. The van der Waals surface area contributed by atoms with Crippen molar-refractivity contribution in [2.75, 3.05) is 13.1 Å². The molecular formula is C14H23N3O6. The average molecular weight is 329 g/mol. The molecule has 2 atom stereocenters. The molecule has 1 aromatic rings. The summed E-state index contributed by atoms with van der Waals surface area (Å²) in [7, 11) is 0. The van der Waals surface area contributed by atoms with E-state index in [-0.39, 0.29) is 6.47 Å². The first kappa shape index (κ1) is 19.0. The third-order valence-electron chi connectivity index (χ3n) is 3.92. The standard InChI is InChI=1S/C13H21N3O4.CH2O2/c1-3-5-13(12(18)19)8-16(6-4-10(13)17)7-11-14-9(2)20-15-11;2-1-3/h10,17H,3-8H2,1-2H3,(H,18,19);1H,(H,2,3)/t10-,13-;/m1./s1. The van der Waals surface area contributed by atoms with Crippen LogP contribution in [0.2, 0.25) is 0 Å². The minimum absolute atomic E-state index is 0.250. The highest BCUT2D eigenvalue weighted by Gasteiger charge is 2.48. The molecule has 130 valence electrons. The van der Waals surface area contributed by atoms with Crippen molar-refractivity contribution in [3.8, 4) is 0 Å². The van der Waals surface area contributed by atoms with Crippen molar-refractivity contribution in [3.63, 3.8) is 0 Å². The Bertz CT molecular complexity index is 520. The van der Waals surface area contributed by atoms with Crippen molar-refractivity contribution in [2.45, 2.75) is 45.8 Å². The van der Waals surface area contributed by atoms with E-state index in [0.29, 0.717) is 44.2 Å². The molecule has 1 saturated heterocycles. The fraction of sp³-hybridized carbons (Fsp3) is 0.714. The number of aliphatic hydroxyl groups excluding tert-OH is 1. The van der Waals surface area contributed by atoms with Gasteiger partial charge in [0.15, 0.2) is 5.82 Å². The topological polar surface area (TPSA) is 137 Å². The number of nitrogens with zero attached hydrogens (tertiary/aromatic N) is 3. The molecule has 3 N–H and O–H groups in total. The second kappa shape index (κ2) is 8.59. The minimum Gasteiger partial charge on any atom is -0.483 e. The number of aromatic nitrogens is 2. The SMILES string of the molecule is CCC[C@@]1(C(=O)O)CN(Cc2noc(C)n2)CC[C@H]1O.O=CO. The zero-order chi connectivity index (χ0) is 17.5. The van der Waals surface area contributed by atoms with Crippen molar-refractivity contribution in [2.24, 2.45) is 5.41 Å². The molecule has 0 amide bonds. The van der Waals surface area contributed by atoms with Crippen molar-refractivity contribution < 1.29 is 29.4 Å². The Labute approximate surface area is 133 Å². The fourth-order valence-electron chi connectivity index (χ4n) is 2.91. The van der Waals surface area contributed by atoms with Gasteiger partial charge in [-0.1, -0.05) is 18.5 Å². The molecule has 9 heteroatoms. The van der Waals surface area contributed by atoms with Gasteiger partial charge in [0.1, 0.15) is 5.41 Å². The third kappa shape index (κ3) is 4.73. The Morgan fingerprint density at radius 2 is 2.22 bits per heavy atom. The molecule has 0 radical (unpaired) electrons. The number of carboxylic acids is 1. The summed E-state index contributed by atoms with van der Waals surface area (Å²) in [5.74, 6) is 0.116. The molecule has 9 nitrogen and oxygen atoms in total. The second-order valence-corrected chi connectivity index (χ2v) is 5.56. The highest BCUT2D eigenvalue weighted by atomic mass is 16.5. The Morgan fingerprint density at radius 3 is 2.70 bits per heavy atom. The number of aliphatic hydroxyl groups is 1. The number of aryl methyl sites for hydroxylation is 1. The zero-order valence-electron chi connectivity index (χ0n) is 13.3. The van der Waals surface area contributed by atoms with Crippen LogP contribution in [-0.4, -0.2) is 62.0 Å². The number of carbonyl (C=O) groups is 2. The molecule has 2 heterocycles. The lowest BCUT2D eigenvalue weighted by Crippen LogP contribution is -2.55. The van der Waals surface area contributed by atoms with Gasteiger partial charge >= 0.3 is 5.97 Å². The van der Waals surface area contributed by atoms with Crippen molar-refractivity contribution >= 4 is 12.4 Å². The summed E-state index contributed by atoms with van der Waals surface area (Å²) >= 11 is 0. The lowest BCUT2D eigenvalue weighted by molar-refractivity contribution is -0.164. The zero-order valence-corrected chi connectivity index (χ0v) is 13.3. The van der Waals surface area contributed by atoms with Crippen LogP contribution in [0, 0.1) is 12.3 Å². The van der Waals surface area contributed by atoms with Crippen LogP contribution < -0.4 is 0 Å². The first-order valence-electron chi connectivity index (χ1n) is 7.40. The van der Waals surface area contributed by atoms with Gasteiger partial charge in [-0.25, -0.2) is 0 Å². The molecule has 1 aliphatic heterocycles. The lowest BCUT2D eigenvalue weighted by atomic mass is 9.74. The highest BCUT2D eigenvalue weighted by Crippen LogP contribution is 2.35. The molecule has 0 unspecified atom stereocenters. The van der Waals surface area contributed by atoms with Gasteiger partial charge in [0, 0.05) is 20.0 Å². The molecule has 23 heavy (non-hydrogen) atoms. The van der Waals surface area contributed by atoms with Crippen molar-refractivity contribution in [1.82, 2.24) is 15.0 Å². The van der Waals surface area contributed by atoms with E-state index >= 15 is 0 Å². The summed E-state index contributed by atoms with van der Waals surface area (Å²) in [4.78, 5) is 26.1. The van der Waals surface area contributed by atoms with Crippen molar-refractivity contribution in [1.29, 1.82) is 0 Å². The number of carboxylic acid groups (broad SMARTS) is 2. The average Bonchev–Trinajstić information content (AvgIpc) is 2.88. The number of hydrogen-bond acceptors (Lipinski definition) is 7. The fourth-order valence-corrected chi connectivity index (χ4v) is 2.91. The minimum atomic E-state index is -1.09. The number of aliphatic carboxylic acids is 1. The van der Waals surface area contributed by atoms with E-state index in [1.165, 1.54) is 0 Å². The molecule has 1 aromatic heterocycles. The van der Waals surface area contributed by atoms with E-state index in [4.69, 9.17) is 14.4 Å². The molecule has 0 aliphatic carbocycles. The maximum Gasteiger partial charge on any atom is 0.313 e. The monoisotopic (exact) mass is 329 g/mol. The summed E-state index contributed by atoms with van der Waals surface area (Å²) in [5, 5.41) is 30.4. The molecule has 0 spiro atoms. The first-order chi connectivity index (χ1) is 10.9. The smallest absolute Gasteiger partial charge is 0.313 e. The van der Waals surface area contributed by atoms with Gasteiger partial charge in [-0.15, -0.1) is 0 Å². The largest absolute Gasteiger partial charge is 0.483 e. The first-order valence-corrected chi connectivity index (χ1v) is 7.40. The Kier molecular flexibility index (Phi) is 7.11. The van der Waals surface area contributed by atoms with Crippen LogP contribution in [0.15, 0.2) is 4.52 Å². The molecular weight excluding hydrogens is 306 g/mol. The van der Waals surface area contributed by atoms with Gasteiger partial charge in [0.05, 0.1) is 12.6 Å². The van der Waals surface area contributed by atoms with Crippen LogP contribution >= 0.6 is 0 Å².